The first-order chi connectivity index (χ1) is 14.4. The molecule has 0 aromatic heterocycles. The fraction of sp³-hybridized carbons (Fsp3) is 0.391. The third-order valence-electron chi connectivity index (χ3n) is 5.50. The van der Waals surface area contributed by atoms with Crippen molar-refractivity contribution in [2.24, 2.45) is 0 Å². The second-order valence-corrected chi connectivity index (χ2v) is 9.63. The van der Waals surface area contributed by atoms with Crippen LogP contribution in [0.5, 0.6) is 0 Å². The fourth-order valence-electron chi connectivity index (χ4n) is 3.80. The number of anilines is 2. The molecule has 1 atom stereocenters. The summed E-state index contributed by atoms with van der Waals surface area (Å²) in [7, 11) is 0.663. The molecule has 1 aliphatic rings. The van der Waals surface area contributed by atoms with Gasteiger partial charge in [0.15, 0.2) is 0 Å². The third kappa shape index (κ3) is 5.84. The van der Waals surface area contributed by atoms with Gasteiger partial charge in [-0.05, 0) is 29.8 Å². The van der Waals surface area contributed by atoms with Gasteiger partial charge >= 0.3 is 0 Å². The molecule has 6 nitrogen and oxygen atoms in total. The van der Waals surface area contributed by atoms with Crippen LogP contribution in [-0.2, 0) is 10.0 Å². The van der Waals surface area contributed by atoms with Crippen LogP contribution >= 0.6 is 0 Å². The maximum atomic E-state index is 12.2. The molecule has 0 bridgehead atoms. The molecule has 2 aromatic rings. The van der Waals surface area contributed by atoms with Gasteiger partial charge in [0, 0.05) is 64.2 Å². The highest BCUT2D eigenvalue weighted by Crippen LogP contribution is 2.26. The average Bonchev–Trinajstić information content (AvgIpc) is 2.75. The van der Waals surface area contributed by atoms with Crippen molar-refractivity contribution in [3.8, 4) is 0 Å². The monoisotopic (exact) mass is 428 g/mol. The summed E-state index contributed by atoms with van der Waals surface area (Å²) in [5.74, 6) is -0.0684. The zero-order valence-electron chi connectivity index (χ0n) is 17.9. The van der Waals surface area contributed by atoms with Crippen molar-refractivity contribution in [1.82, 2.24) is 9.62 Å². The quantitative estimate of drug-likeness (QED) is 0.623. The Bertz CT molecular complexity index is 906. The van der Waals surface area contributed by atoms with Crippen molar-refractivity contribution >= 4 is 21.4 Å². The van der Waals surface area contributed by atoms with E-state index in [0.717, 1.165) is 37.4 Å². The zero-order valence-corrected chi connectivity index (χ0v) is 18.7. The van der Waals surface area contributed by atoms with E-state index in [9.17, 15) is 8.42 Å². The molecule has 7 heteroatoms. The molecule has 2 aromatic carbocycles. The highest BCUT2D eigenvalue weighted by atomic mass is 32.2. The van der Waals surface area contributed by atoms with E-state index >= 15 is 0 Å². The number of sulfonamides is 1. The van der Waals surface area contributed by atoms with Crippen molar-refractivity contribution in [3.63, 3.8) is 0 Å². The molecule has 1 heterocycles. The van der Waals surface area contributed by atoms with Crippen molar-refractivity contribution in [3.05, 3.63) is 72.8 Å². The van der Waals surface area contributed by atoms with Crippen molar-refractivity contribution in [2.45, 2.75) is 6.04 Å². The lowest BCUT2D eigenvalue weighted by molar-refractivity contribution is 0.187. The Balaban J connectivity index is 1.74. The summed E-state index contributed by atoms with van der Waals surface area (Å²) in [5.41, 5.74) is 3.48. The Kier molecular flexibility index (Phi) is 7.53. The lowest BCUT2D eigenvalue weighted by Crippen LogP contribution is -2.50. The van der Waals surface area contributed by atoms with Gasteiger partial charge in [0.05, 0.1) is 5.75 Å². The minimum Gasteiger partial charge on any atom is -0.378 e. The Morgan fingerprint density at radius 1 is 1.03 bits per heavy atom. The summed E-state index contributed by atoms with van der Waals surface area (Å²) in [6.07, 6.45) is 1.42. The number of rotatable bonds is 9. The molecular weight excluding hydrogens is 396 g/mol. The lowest BCUT2D eigenvalue weighted by atomic mass is 10.0. The van der Waals surface area contributed by atoms with Crippen LogP contribution in [0.3, 0.4) is 0 Å². The molecule has 0 saturated carbocycles. The van der Waals surface area contributed by atoms with Gasteiger partial charge in [-0.15, -0.1) is 6.58 Å². The van der Waals surface area contributed by atoms with Gasteiger partial charge < -0.3 is 9.80 Å². The molecule has 0 aliphatic carbocycles. The first kappa shape index (κ1) is 22.3. The van der Waals surface area contributed by atoms with Gasteiger partial charge in [0.1, 0.15) is 0 Å². The molecule has 3 rings (SSSR count). The molecule has 0 spiro atoms. The second-order valence-electron chi connectivity index (χ2n) is 7.78. The van der Waals surface area contributed by atoms with E-state index in [2.05, 4.69) is 74.5 Å². The number of hydrogen-bond donors (Lipinski definition) is 1. The second kappa shape index (κ2) is 10.1. The summed E-state index contributed by atoms with van der Waals surface area (Å²) in [6.45, 7) is 7.47. The summed E-state index contributed by atoms with van der Waals surface area (Å²) < 4.78 is 27.2. The van der Waals surface area contributed by atoms with Crippen LogP contribution in [-0.4, -0.2) is 65.9 Å². The van der Waals surface area contributed by atoms with Crippen LogP contribution < -0.4 is 14.5 Å². The Labute approximate surface area is 180 Å². The van der Waals surface area contributed by atoms with E-state index in [0.29, 0.717) is 6.54 Å². The molecule has 0 amide bonds. The first-order valence-corrected chi connectivity index (χ1v) is 11.9. The maximum Gasteiger partial charge on any atom is 0.215 e. The molecule has 162 valence electrons. The largest absolute Gasteiger partial charge is 0.378 e. The Morgan fingerprint density at radius 2 is 1.67 bits per heavy atom. The van der Waals surface area contributed by atoms with Crippen LogP contribution in [0.4, 0.5) is 11.4 Å². The number of nitrogens with zero attached hydrogens (tertiary/aromatic N) is 3. The van der Waals surface area contributed by atoms with Gasteiger partial charge in [-0.1, -0.05) is 36.4 Å². The van der Waals surface area contributed by atoms with Crippen LogP contribution in [0, 0.1) is 0 Å². The Morgan fingerprint density at radius 3 is 2.23 bits per heavy atom. The third-order valence-corrected chi connectivity index (χ3v) is 6.79. The normalized spacial score (nSPS) is 16.3. The molecule has 1 saturated heterocycles. The zero-order chi connectivity index (χ0) is 21.6. The van der Waals surface area contributed by atoms with E-state index in [1.165, 1.54) is 11.8 Å². The van der Waals surface area contributed by atoms with Crippen LogP contribution in [0.2, 0.25) is 0 Å². The summed E-state index contributed by atoms with van der Waals surface area (Å²) >= 11 is 0. The number of hydrogen-bond acceptors (Lipinski definition) is 5. The predicted octanol–water partition coefficient (Wildman–Crippen LogP) is 2.72. The average molecular weight is 429 g/mol. The van der Waals surface area contributed by atoms with Crippen molar-refractivity contribution < 1.29 is 8.42 Å². The van der Waals surface area contributed by atoms with Gasteiger partial charge in [0.2, 0.25) is 10.0 Å². The number of piperazine rings is 1. The van der Waals surface area contributed by atoms with E-state index < -0.39 is 10.0 Å². The van der Waals surface area contributed by atoms with Crippen molar-refractivity contribution in [1.29, 1.82) is 0 Å². The first-order valence-electron chi connectivity index (χ1n) is 10.3. The van der Waals surface area contributed by atoms with E-state index in [4.69, 9.17) is 0 Å². The number of benzene rings is 2. The predicted molar refractivity (Wildman–Crippen MR) is 126 cm³/mol. The molecule has 1 fully saturated rings. The minimum atomic E-state index is -3.36. The van der Waals surface area contributed by atoms with E-state index in [-0.39, 0.29) is 11.8 Å². The summed E-state index contributed by atoms with van der Waals surface area (Å²) in [6, 6.07) is 18.8. The smallest absolute Gasteiger partial charge is 0.215 e. The lowest BCUT2D eigenvalue weighted by Gasteiger charge is -2.40. The fourth-order valence-corrected chi connectivity index (χ4v) is 4.64. The van der Waals surface area contributed by atoms with Crippen molar-refractivity contribution in [2.75, 3.05) is 62.4 Å². The van der Waals surface area contributed by atoms with E-state index in [1.54, 1.807) is 0 Å². The summed E-state index contributed by atoms with van der Waals surface area (Å²) in [5, 5.41) is 0. The van der Waals surface area contributed by atoms with Gasteiger partial charge in [-0.2, -0.15) is 0 Å². The SMILES string of the molecule is C=CCS(=O)(=O)NCC(c1ccc(N(C)C)cc1)N1CCN(c2ccccc2)CC1. The minimum absolute atomic E-state index is 0.0151. The highest BCUT2D eigenvalue weighted by molar-refractivity contribution is 7.89. The van der Waals surface area contributed by atoms with E-state index in [1.807, 2.05) is 20.2 Å². The van der Waals surface area contributed by atoms with Crippen LogP contribution in [0.25, 0.3) is 0 Å². The Hall–Kier alpha value is -2.35. The number of nitrogens with one attached hydrogen (secondary N) is 1. The van der Waals surface area contributed by atoms with Gasteiger partial charge in [-0.25, -0.2) is 13.1 Å². The topological polar surface area (TPSA) is 55.9 Å². The standard InChI is InChI=1S/C23H32N4O2S/c1-4-18-30(28,29)24-19-23(20-10-12-21(13-11-20)25(2)3)27-16-14-26(15-17-27)22-8-6-5-7-9-22/h4-13,23-24H,1,14-19H2,2-3H3. The molecule has 1 unspecified atom stereocenters. The van der Waals surface area contributed by atoms with Crippen LogP contribution in [0.15, 0.2) is 67.3 Å². The molecule has 30 heavy (non-hydrogen) atoms. The highest BCUT2D eigenvalue weighted by Gasteiger charge is 2.26. The van der Waals surface area contributed by atoms with Gasteiger partial charge in [0.25, 0.3) is 0 Å². The molecule has 1 N–H and O–H groups in total. The van der Waals surface area contributed by atoms with Gasteiger partial charge in [-0.3, -0.25) is 4.90 Å². The molecular formula is C23H32N4O2S. The maximum absolute atomic E-state index is 12.2. The summed E-state index contributed by atoms with van der Waals surface area (Å²) in [4.78, 5) is 6.81. The number of para-hydroxylation sites is 1. The molecule has 1 aliphatic heterocycles. The molecule has 0 radical (unpaired) electrons. The van der Waals surface area contributed by atoms with Crippen LogP contribution in [0.1, 0.15) is 11.6 Å².